The van der Waals surface area contributed by atoms with Gasteiger partial charge in [-0.25, -0.2) is 0 Å². The molecule has 2 N–H and O–H groups in total. The van der Waals surface area contributed by atoms with E-state index in [0.29, 0.717) is 12.0 Å². The number of hydrogen-bond acceptors (Lipinski definition) is 4. The summed E-state index contributed by atoms with van der Waals surface area (Å²) >= 11 is 0. The van der Waals surface area contributed by atoms with Crippen molar-refractivity contribution in [3.8, 4) is 0 Å². The topological polar surface area (TPSA) is 44.7 Å². The molecular weight excluding hydrogens is 240 g/mol. The number of nitrogens with one attached hydrogen (secondary N) is 1. The van der Waals surface area contributed by atoms with Crippen LogP contribution >= 0.6 is 0 Å². The first-order valence-corrected chi connectivity index (χ1v) is 7.94. The molecule has 2 atom stereocenters. The molecule has 1 heterocycles. The van der Waals surface area contributed by atoms with Gasteiger partial charge in [0.1, 0.15) is 0 Å². The number of ether oxygens (including phenoxy) is 1. The molecule has 1 aliphatic heterocycles. The van der Waals surface area contributed by atoms with E-state index in [1.807, 2.05) is 0 Å². The fourth-order valence-corrected chi connectivity index (χ4v) is 3.48. The Bertz CT molecular complexity index is 269. The first-order chi connectivity index (χ1) is 9.24. The Morgan fingerprint density at radius 1 is 1.32 bits per heavy atom. The molecule has 4 nitrogen and oxygen atoms in total. The van der Waals surface area contributed by atoms with Crippen molar-refractivity contribution in [2.24, 2.45) is 5.92 Å². The van der Waals surface area contributed by atoms with E-state index in [9.17, 15) is 5.11 Å². The van der Waals surface area contributed by atoms with E-state index in [4.69, 9.17) is 4.74 Å². The minimum Gasteiger partial charge on any atom is -0.394 e. The van der Waals surface area contributed by atoms with E-state index >= 15 is 0 Å². The monoisotopic (exact) mass is 270 g/mol. The van der Waals surface area contributed by atoms with Crippen LogP contribution in [-0.4, -0.2) is 61.0 Å². The number of rotatable bonds is 8. The lowest BCUT2D eigenvalue weighted by Gasteiger charge is -2.41. The van der Waals surface area contributed by atoms with Gasteiger partial charge in [-0.2, -0.15) is 0 Å². The molecule has 0 amide bonds. The molecule has 19 heavy (non-hydrogen) atoms. The van der Waals surface area contributed by atoms with Gasteiger partial charge in [-0.1, -0.05) is 6.92 Å². The normalized spacial score (nSPS) is 28.3. The number of aliphatic hydroxyl groups excluding tert-OH is 1. The second-order valence-corrected chi connectivity index (χ2v) is 6.07. The lowest BCUT2D eigenvalue weighted by atomic mass is 9.92. The SMILES string of the molecule is CCNC(CO)(CN1CCCC(OCC)C1)C1CC1. The number of aliphatic hydroxyl groups is 1. The number of likely N-dealkylation sites (tertiary alicyclic amines) is 1. The molecule has 2 aliphatic rings. The molecule has 0 aromatic rings. The molecule has 112 valence electrons. The van der Waals surface area contributed by atoms with E-state index in [1.54, 1.807) is 0 Å². The summed E-state index contributed by atoms with van der Waals surface area (Å²) in [4.78, 5) is 2.49. The molecule has 0 spiro atoms. The summed E-state index contributed by atoms with van der Waals surface area (Å²) < 4.78 is 5.77. The first kappa shape index (κ1) is 15.2. The maximum Gasteiger partial charge on any atom is 0.0702 e. The number of likely N-dealkylation sites (N-methyl/N-ethyl adjacent to an activating group) is 1. The number of hydrogen-bond donors (Lipinski definition) is 2. The fraction of sp³-hybridized carbons (Fsp3) is 1.00. The quantitative estimate of drug-likeness (QED) is 0.696. The summed E-state index contributed by atoms with van der Waals surface area (Å²) in [5.74, 6) is 0.657. The van der Waals surface area contributed by atoms with Crippen LogP contribution in [0.5, 0.6) is 0 Å². The van der Waals surface area contributed by atoms with Crippen molar-refractivity contribution >= 4 is 0 Å². The van der Waals surface area contributed by atoms with Crippen molar-refractivity contribution in [2.75, 3.05) is 39.4 Å². The van der Waals surface area contributed by atoms with Gasteiger partial charge in [0.15, 0.2) is 0 Å². The Morgan fingerprint density at radius 3 is 2.68 bits per heavy atom. The van der Waals surface area contributed by atoms with Crippen LogP contribution in [0.4, 0.5) is 0 Å². The second-order valence-electron chi connectivity index (χ2n) is 6.07. The Labute approximate surface area is 117 Å². The third kappa shape index (κ3) is 3.91. The van der Waals surface area contributed by atoms with Gasteiger partial charge in [0, 0.05) is 19.7 Å². The van der Waals surface area contributed by atoms with Gasteiger partial charge in [0.25, 0.3) is 0 Å². The molecular formula is C15H30N2O2. The lowest BCUT2D eigenvalue weighted by Crippen LogP contribution is -2.59. The van der Waals surface area contributed by atoms with Crippen LogP contribution < -0.4 is 5.32 Å². The Morgan fingerprint density at radius 2 is 2.11 bits per heavy atom. The van der Waals surface area contributed by atoms with Crippen molar-refractivity contribution in [3.05, 3.63) is 0 Å². The molecule has 4 heteroatoms. The van der Waals surface area contributed by atoms with Crippen LogP contribution in [0.25, 0.3) is 0 Å². The van der Waals surface area contributed by atoms with Crippen LogP contribution in [-0.2, 0) is 4.74 Å². The van der Waals surface area contributed by atoms with Crippen LogP contribution in [0.15, 0.2) is 0 Å². The molecule has 0 bridgehead atoms. The van der Waals surface area contributed by atoms with Crippen LogP contribution in [0, 0.1) is 5.92 Å². The largest absolute Gasteiger partial charge is 0.394 e. The minimum absolute atomic E-state index is 0.0805. The summed E-state index contributed by atoms with van der Waals surface area (Å²) in [5, 5.41) is 13.5. The Hall–Kier alpha value is -0.160. The highest BCUT2D eigenvalue weighted by Gasteiger charge is 2.45. The van der Waals surface area contributed by atoms with E-state index < -0.39 is 0 Å². The Kier molecular flexibility index (Phi) is 5.63. The number of piperidine rings is 1. The molecule has 0 radical (unpaired) electrons. The van der Waals surface area contributed by atoms with Crippen molar-refractivity contribution in [3.63, 3.8) is 0 Å². The molecule has 1 saturated heterocycles. The van der Waals surface area contributed by atoms with Gasteiger partial charge in [0.2, 0.25) is 0 Å². The molecule has 0 aromatic carbocycles. The zero-order chi connectivity index (χ0) is 13.7. The maximum atomic E-state index is 9.90. The van der Waals surface area contributed by atoms with Gasteiger partial charge in [-0.05, 0) is 51.6 Å². The third-order valence-electron chi connectivity index (χ3n) is 4.54. The highest BCUT2D eigenvalue weighted by molar-refractivity contribution is 5.03. The summed E-state index contributed by atoms with van der Waals surface area (Å²) in [6.45, 7) is 9.31. The molecule has 2 fully saturated rings. The second kappa shape index (κ2) is 7.02. The zero-order valence-electron chi connectivity index (χ0n) is 12.5. The van der Waals surface area contributed by atoms with Gasteiger partial charge >= 0.3 is 0 Å². The Balaban J connectivity index is 1.92. The number of nitrogens with zero attached hydrogens (tertiary/aromatic N) is 1. The van der Waals surface area contributed by atoms with E-state index in [-0.39, 0.29) is 12.1 Å². The van der Waals surface area contributed by atoms with Crippen LogP contribution in [0.1, 0.15) is 39.5 Å². The van der Waals surface area contributed by atoms with Crippen molar-refractivity contribution in [1.82, 2.24) is 10.2 Å². The van der Waals surface area contributed by atoms with Gasteiger partial charge in [-0.3, -0.25) is 4.90 Å². The van der Waals surface area contributed by atoms with E-state index in [2.05, 4.69) is 24.1 Å². The zero-order valence-corrected chi connectivity index (χ0v) is 12.5. The molecule has 2 unspecified atom stereocenters. The molecule has 1 saturated carbocycles. The molecule has 2 rings (SSSR count). The first-order valence-electron chi connectivity index (χ1n) is 7.94. The fourth-order valence-electron chi connectivity index (χ4n) is 3.48. The highest BCUT2D eigenvalue weighted by Crippen LogP contribution is 2.40. The highest BCUT2D eigenvalue weighted by atomic mass is 16.5. The lowest BCUT2D eigenvalue weighted by molar-refractivity contribution is -0.00965. The van der Waals surface area contributed by atoms with Crippen molar-refractivity contribution < 1.29 is 9.84 Å². The van der Waals surface area contributed by atoms with Crippen molar-refractivity contribution in [2.45, 2.75) is 51.2 Å². The third-order valence-corrected chi connectivity index (χ3v) is 4.54. The maximum absolute atomic E-state index is 9.90. The predicted octanol–water partition coefficient (Wildman–Crippen LogP) is 1.24. The summed E-state index contributed by atoms with van der Waals surface area (Å²) in [6.07, 6.45) is 5.30. The summed E-state index contributed by atoms with van der Waals surface area (Å²) in [6, 6.07) is 0. The van der Waals surface area contributed by atoms with Gasteiger partial charge < -0.3 is 15.2 Å². The standard InChI is InChI=1S/C15H30N2O2/c1-3-16-15(12-18,13-7-8-13)11-17-9-5-6-14(10-17)19-4-2/h13-14,16,18H,3-12H2,1-2H3. The predicted molar refractivity (Wildman–Crippen MR) is 77.3 cm³/mol. The van der Waals surface area contributed by atoms with Crippen LogP contribution in [0.3, 0.4) is 0 Å². The molecule has 1 aliphatic carbocycles. The van der Waals surface area contributed by atoms with Gasteiger partial charge in [-0.15, -0.1) is 0 Å². The van der Waals surface area contributed by atoms with E-state index in [0.717, 1.165) is 32.8 Å². The smallest absolute Gasteiger partial charge is 0.0702 e. The minimum atomic E-state index is -0.0805. The average Bonchev–Trinajstić information content (AvgIpc) is 3.24. The summed E-state index contributed by atoms with van der Waals surface area (Å²) in [7, 11) is 0. The van der Waals surface area contributed by atoms with Gasteiger partial charge in [0.05, 0.1) is 18.2 Å². The van der Waals surface area contributed by atoms with Crippen molar-refractivity contribution in [1.29, 1.82) is 0 Å². The molecule has 0 aromatic heterocycles. The summed E-state index contributed by atoms with van der Waals surface area (Å²) in [5.41, 5.74) is -0.0805. The average molecular weight is 270 g/mol. The van der Waals surface area contributed by atoms with Crippen LogP contribution in [0.2, 0.25) is 0 Å². The van der Waals surface area contributed by atoms with E-state index in [1.165, 1.54) is 25.7 Å².